The third-order valence-corrected chi connectivity index (χ3v) is 4.62. The molecule has 2 unspecified atom stereocenters. The normalized spacial score (nSPS) is 27.4. The zero-order chi connectivity index (χ0) is 13.2. The quantitative estimate of drug-likeness (QED) is 0.875. The summed E-state index contributed by atoms with van der Waals surface area (Å²) in [4.78, 5) is 2.43. The average molecular weight is 260 g/mol. The van der Waals surface area contributed by atoms with E-state index in [0.29, 0.717) is 11.8 Å². The third kappa shape index (κ3) is 2.77. The summed E-state index contributed by atoms with van der Waals surface area (Å²) in [5, 5.41) is 13.6. The molecular formula is C16H24N2O. The molecule has 0 amide bonds. The number of piperidine rings is 1. The van der Waals surface area contributed by atoms with E-state index in [1.54, 1.807) is 6.07 Å². The minimum Gasteiger partial charge on any atom is -0.508 e. The van der Waals surface area contributed by atoms with Gasteiger partial charge >= 0.3 is 0 Å². The topological polar surface area (TPSA) is 35.5 Å². The van der Waals surface area contributed by atoms with Crippen LogP contribution in [0.2, 0.25) is 0 Å². The SMILES string of the molecule is CN1CCCC(CNC2CCc3c(O)cccc32)C1. The van der Waals surface area contributed by atoms with Crippen LogP contribution >= 0.6 is 0 Å². The molecule has 2 N–H and O–H groups in total. The summed E-state index contributed by atoms with van der Waals surface area (Å²) in [6.07, 6.45) is 4.79. The van der Waals surface area contributed by atoms with Crippen molar-refractivity contribution in [2.45, 2.75) is 31.7 Å². The lowest BCUT2D eigenvalue weighted by Gasteiger charge is -2.30. The maximum absolute atomic E-state index is 9.87. The zero-order valence-corrected chi connectivity index (χ0v) is 11.7. The number of phenolic OH excluding ortho intramolecular Hbond substituents is 1. The van der Waals surface area contributed by atoms with Gasteiger partial charge in [-0.15, -0.1) is 0 Å². The van der Waals surface area contributed by atoms with Crippen LogP contribution in [0.4, 0.5) is 0 Å². The van der Waals surface area contributed by atoms with E-state index in [-0.39, 0.29) is 0 Å². The van der Waals surface area contributed by atoms with Crippen LogP contribution in [0.3, 0.4) is 0 Å². The van der Waals surface area contributed by atoms with E-state index in [2.05, 4.69) is 23.3 Å². The van der Waals surface area contributed by atoms with E-state index in [4.69, 9.17) is 0 Å². The van der Waals surface area contributed by atoms with Gasteiger partial charge in [-0.1, -0.05) is 12.1 Å². The summed E-state index contributed by atoms with van der Waals surface area (Å²) < 4.78 is 0. The van der Waals surface area contributed by atoms with Crippen molar-refractivity contribution in [2.24, 2.45) is 5.92 Å². The molecule has 3 rings (SSSR count). The van der Waals surface area contributed by atoms with Gasteiger partial charge in [0.05, 0.1) is 0 Å². The van der Waals surface area contributed by atoms with Gasteiger partial charge in [0.2, 0.25) is 0 Å². The van der Waals surface area contributed by atoms with Gasteiger partial charge in [0.15, 0.2) is 0 Å². The number of phenols is 1. The minimum absolute atomic E-state index is 0.439. The Morgan fingerprint density at radius 1 is 1.37 bits per heavy atom. The first-order chi connectivity index (χ1) is 9.24. The Labute approximate surface area is 115 Å². The first kappa shape index (κ1) is 12.9. The maximum atomic E-state index is 9.87. The molecule has 0 radical (unpaired) electrons. The summed E-state index contributed by atoms with van der Waals surface area (Å²) in [5.74, 6) is 1.25. The standard InChI is InChI=1S/C16H24N2O/c1-18-9-3-4-12(11-18)10-17-15-8-7-14-13(15)5-2-6-16(14)19/h2,5-6,12,15,17,19H,3-4,7-11H2,1H3. The second kappa shape index (κ2) is 5.51. The molecule has 19 heavy (non-hydrogen) atoms. The Bertz CT molecular complexity index is 446. The zero-order valence-electron chi connectivity index (χ0n) is 11.7. The smallest absolute Gasteiger partial charge is 0.119 e. The van der Waals surface area contributed by atoms with Gasteiger partial charge in [0, 0.05) is 12.6 Å². The van der Waals surface area contributed by atoms with Crippen molar-refractivity contribution in [1.29, 1.82) is 0 Å². The number of aromatic hydroxyl groups is 1. The van der Waals surface area contributed by atoms with Gasteiger partial charge in [-0.3, -0.25) is 0 Å². The molecule has 1 saturated heterocycles. The highest BCUT2D eigenvalue weighted by molar-refractivity contribution is 5.44. The largest absolute Gasteiger partial charge is 0.508 e. The molecule has 0 saturated carbocycles. The second-order valence-electron chi connectivity index (χ2n) is 6.11. The molecule has 2 atom stereocenters. The van der Waals surface area contributed by atoms with Crippen LogP contribution in [0.15, 0.2) is 18.2 Å². The van der Waals surface area contributed by atoms with Crippen LogP contribution in [-0.2, 0) is 6.42 Å². The number of hydrogen-bond donors (Lipinski definition) is 2. The summed E-state index contributed by atoms with van der Waals surface area (Å²) in [6, 6.07) is 6.36. The number of hydrogen-bond acceptors (Lipinski definition) is 3. The number of nitrogens with zero attached hydrogens (tertiary/aromatic N) is 1. The first-order valence-corrected chi connectivity index (χ1v) is 7.46. The van der Waals surface area contributed by atoms with Crippen molar-refractivity contribution in [3.8, 4) is 5.75 Å². The monoisotopic (exact) mass is 260 g/mol. The Morgan fingerprint density at radius 3 is 3.11 bits per heavy atom. The molecule has 0 aromatic heterocycles. The van der Waals surface area contributed by atoms with E-state index in [0.717, 1.165) is 30.9 Å². The molecule has 3 heteroatoms. The van der Waals surface area contributed by atoms with Crippen molar-refractivity contribution < 1.29 is 5.11 Å². The molecule has 104 valence electrons. The average Bonchev–Trinajstić information content (AvgIpc) is 2.81. The van der Waals surface area contributed by atoms with Gasteiger partial charge in [0.1, 0.15) is 5.75 Å². The van der Waals surface area contributed by atoms with E-state index >= 15 is 0 Å². The van der Waals surface area contributed by atoms with Gasteiger partial charge in [-0.05, 0) is 68.9 Å². The maximum Gasteiger partial charge on any atom is 0.119 e. The van der Waals surface area contributed by atoms with E-state index in [9.17, 15) is 5.11 Å². The summed E-state index contributed by atoms with van der Waals surface area (Å²) in [5.41, 5.74) is 2.46. The van der Waals surface area contributed by atoms with Crippen LogP contribution in [0.5, 0.6) is 5.75 Å². The molecule has 1 heterocycles. The molecule has 0 bridgehead atoms. The van der Waals surface area contributed by atoms with Crippen molar-refractivity contribution in [2.75, 3.05) is 26.7 Å². The Kier molecular flexibility index (Phi) is 3.76. The summed E-state index contributed by atoms with van der Waals surface area (Å²) in [6.45, 7) is 3.56. The Hall–Kier alpha value is -1.06. The summed E-state index contributed by atoms with van der Waals surface area (Å²) >= 11 is 0. The molecule has 1 aliphatic carbocycles. The number of fused-ring (bicyclic) bond motifs is 1. The van der Waals surface area contributed by atoms with Crippen LogP contribution in [0.1, 0.15) is 36.4 Å². The Balaban J connectivity index is 1.59. The van der Waals surface area contributed by atoms with Crippen molar-refractivity contribution in [1.82, 2.24) is 10.2 Å². The van der Waals surface area contributed by atoms with E-state index < -0.39 is 0 Å². The first-order valence-electron chi connectivity index (χ1n) is 7.46. The molecule has 0 spiro atoms. The van der Waals surface area contributed by atoms with Crippen molar-refractivity contribution >= 4 is 0 Å². The number of benzene rings is 1. The molecule has 1 aromatic carbocycles. The van der Waals surface area contributed by atoms with Gasteiger partial charge in [-0.2, -0.15) is 0 Å². The molecular weight excluding hydrogens is 236 g/mol. The van der Waals surface area contributed by atoms with Crippen molar-refractivity contribution in [3.05, 3.63) is 29.3 Å². The predicted octanol–water partition coefficient (Wildman–Crippen LogP) is 2.31. The van der Waals surface area contributed by atoms with E-state index in [1.807, 2.05) is 6.07 Å². The lowest BCUT2D eigenvalue weighted by atomic mass is 9.97. The fourth-order valence-corrected chi connectivity index (χ4v) is 3.60. The lowest BCUT2D eigenvalue weighted by Crippen LogP contribution is -2.38. The highest BCUT2D eigenvalue weighted by atomic mass is 16.3. The molecule has 1 aromatic rings. The Morgan fingerprint density at radius 2 is 2.26 bits per heavy atom. The fourth-order valence-electron chi connectivity index (χ4n) is 3.60. The molecule has 3 nitrogen and oxygen atoms in total. The minimum atomic E-state index is 0.439. The van der Waals surface area contributed by atoms with Crippen LogP contribution in [-0.4, -0.2) is 36.7 Å². The number of nitrogens with one attached hydrogen (secondary N) is 1. The van der Waals surface area contributed by atoms with Crippen molar-refractivity contribution in [3.63, 3.8) is 0 Å². The van der Waals surface area contributed by atoms with Crippen LogP contribution in [0.25, 0.3) is 0 Å². The van der Waals surface area contributed by atoms with E-state index in [1.165, 1.54) is 31.5 Å². The lowest BCUT2D eigenvalue weighted by molar-refractivity contribution is 0.202. The van der Waals surface area contributed by atoms with Gasteiger partial charge in [-0.25, -0.2) is 0 Å². The van der Waals surface area contributed by atoms with Crippen LogP contribution in [0, 0.1) is 5.92 Å². The summed E-state index contributed by atoms with van der Waals surface area (Å²) in [7, 11) is 2.22. The molecule has 1 fully saturated rings. The third-order valence-electron chi connectivity index (χ3n) is 4.62. The number of rotatable bonds is 3. The molecule has 2 aliphatic rings. The highest BCUT2D eigenvalue weighted by Gasteiger charge is 2.25. The second-order valence-corrected chi connectivity index (χ2v) is 6.11. The molecule has 1 aliphatic heterocycles. The van der Waals surface area contributed by atoms with Crippen LogP contribution < -0.4 is 5.32 Å². The van der Waals surface area contributed by atoms with Gasteiger partial charge < -0.3 is 15.3 Å². The highest BCUT2D eigenvalue weighted by Crippen LogP contribution is 2.36. The fraction of sp³-hybridized carbons (Fsp3) is 0.625. The predicted molar refractivity (Wildman–Crippen MR) is 77.4 cm³/mol. The number of likely N-dealkylation sites (tertiary alicyclic amines) is 1. The van der Waals surface area contributed by atoms with Gasteiger partial charge in [0.25, 0.3) is 0 Å².